The predicted octanol–water partition coefficient (Wildman–Crippen LogP) is 1.60. The van der Waals surface area contributed by atoms with Crippen molar-refractivity contribution in [2.75, 3.05) is 13.2 Å². The van der Waals surface area contributed by atoms with E-state index in [-0.39, 0.29) is 0 Å². The maximum absolute atomic E-state index is 4.94. The van der Waals surface area contributed by atoms with Crippen molar-refractivity contribution in [3.8, 4) is 0 Å². The van der Waals surface area contributed by atoms with Crippen molar-refractivity contribution >= 4 is 24.2 Å². The summed E-state index contributed by atoms with van der Waals surface area (Å²) in [5.74, 6) is 0. The number of ether oxygens (including phenoxy) is 1. The predicted molar refractivity (Wildman–Crippen MR) is 80.7 cm³/mol. The van der Waals surface area contributed by atoms with E-state index in [1.54, 1.807) is 8.79 Å². The molecule has 0 amide bonds. The summed E-state index contributed by atoms with van der Waals surface area (Å²) in [6.45, 7) is 2.00. The third kappa shape index (κ3) is 5.07. The van der Waals surface area contributed by atoms with Gasteiger partial charge in [-0.05, 0) is 12.8 Å². The molecule has 0 unspecified atom stereocenters. The number of hydrogen-bond donors (Lipinski definition) is 0. The zero-order valence-corrected chi connectivity index (χ0v) is 13.7. The standard InChI is InChI=1S/C12H12Ge.C4H8O/c1-3-7-11(8-4-1)13-12-9-5-2-6-10-12;1-2-4-5-3-1/h1-10H,13H2;1-4H2. The molecule has 0 aromatic heterocycles. The minimum absolute atomic E-state index is 0.676. The summed E-state index contributed by atoms with van der Waals surface area (Å²) in [5.41, 5.74) is 0. The molecule has 0 saturated carbocycles. The van der Waals surface area contributed by atoms with Crippen LogP contribution in [0.5, 0.6) is 0 Å². The van der Waals surface area contributed by atoms with Crippen LogP contribution in [0.1, 0.15) is 12.8 Å². The van der Waals surface area contributed by atoms with Crippen LogP contribution in [0.15, 0.2) is 60.7 Å². The van der Waals surface area contributed by atoms with Gasteiger partial charge in [-0.2, -0.15) is 0 Å². The number of rotatable bonds is 2. The van der Waals surface area contributed by atoms with E-state index in [2.05, 4.69) is 60.7 Å². The van der Waals surface area contributed by atoms with Crippen LogP contribution in [0.4, 0.5) is 0 Å². The van der Waals surface area contributed by atoms with Gasteiger partial charge in [0.15, 0.2) is 0 Å². The molecule has 3 rings (SSSR count). The van der Waals surface area contributed by atoms with Gasteiger partial charge in [-0.1, -0.05) is 0 Å². The molecule has 0 bridgehead atoms. The maximum atomic E-state index is 4.94. The fraction of sp³-hybridized carbons (Fsp3) is 0.250. The molecule has 0 aliphatic carbocycles. The molecule has 18 heavy (non-hydrogen) atoms. The third-order valence-electron chi connectivity index (χ3n) is 2.92. The molecule has 0 N–H and O–H groups in total. The molecule has 1 nitrogen and oxygen atoms in total. The van der Waals surface area contributed by atoms with E-state index in [4.69, 9.17) is 4.74 Å². The summed E-state index contributed by atoms with van der Waals surface area (Å²) in [6.07, 6.45) is 2.56. The molecule has 0 spiro atoms. The van der Waals surface area contributed by atoms with Crippen LogP contribution < -0.4 is 8.79 Å². The van der Waals surface area contributed by atoms with Crippen molar-refractivity contribution in [2.24, 2.45) is 0 Å². The average Bonchev–Trinajstić information content (AvgIpc) is 3.00. The normalized spacial score (nSPS) is 13.8. The van der Waals surface area contributed by atoms with Gasteiger partial charge in [0.25, 0.3) is 0 Å². The molecule has 94 valence electrons. The Morgan fingerprint density at radius 1 is 0.667 bits per heavy atom. The molecule has 0 atom stereocenters. The van der Waals surface area contributed by atoms with E-state index in [1.165, 1.54) is 12.8 Å². The quantitative estimate of drug-likeness (QED) is 0.766. The van der Waals surface area contributed by atoms with Gasteiger partial charge in [-0.3, -0.25) is 0 Å². The Balaban J connectivity index is 0.000000202. The van der Waals surface area contributed by atoms with E-state index < -0.39 is 15.4 Å². The van der Waals surface area contributed by atoms with Crippen molar-refractivity contribution in [2.45, 2.75) is 12.8 Å². The first-order valence-electron chi connectivity index (χ1n) is 6.61. The summed E-state index contributed by atoms with van der Waals surface area (Å²) in [6, 6.07) is 21.6. The van der Waals surface area contributed by atoms with E-state index in [9.17, 15) is 0 Å². The van der Waals surface area contributed by atoms with Crippen LogP contribution in [0.3, 0.4) is 0 Å². The summed E-state index contributed by atoms with van der Waals surface area (Å²) in [5, 5.41) is 0. The second-order valence-corrected chi connectivity index (χ2v) is 8.64. The van der Waals surface area contributed by atoms with E-state index >= 15 is 0 Å². The topological polar surface area (TPSA) is 9.23 Å². The van der Waals surface area contributed by atoms with Crippen LogP contribution in [0, 0.1) is 0 Å². The van der Waals surface area contributed by atoms with Crippen LogP contribution in [0.2, 0.25) is 0 Å². The Morgan fingerprint density at radius 2 is 1.11 bits per heavy atom. The molecule has 1 saturated heterocycles. The van der Waals surface area contributed by atoms with Gasteiger partial charge < -0.3 is 4.74 Å². The van der Waals surface area contributed by atoms with Crippen LogP contribution in [-0.4, -0.2) is 28.6 Å². The summed E-state index contributed by atoms with van der Waals surface area (Å²) in [7, 11) is 0. The second kappa shape index (κ2) is 8.12. The zero-order valence-electron chi connectivity index (χ0n) is 10.7. The number of hydrogen-bond acceptors (Lipinski definition) is 1. The average molecular weight is 301 g/mol. The first-order valence-corrected chi connectivity index (χ1v) is 9.57. The van der Waals surface area contributed by atoms with Crippen LogP contribution in [0.25, 0.3) is 0 Å². The summed E-state index contributed by atoms with van der Waals surface area (Å²) >= 11 is -0.676. The Hall–Kier alpha value is -1.06. The summed E-state index contributed by atoms with van der Waals surface area (Å²) in [4.78, 5) is 0. The molecule has 2 heteroatoms. The molecule has 2 aromatic rings. The number of benzene rings is 2. The monoisotopic (exact) mass is 302 g/mol. The molecule has 2 aromatic carbocycles. The van der Waals surface area contributed by atoms with Gasteiger partial charge in [0.05, 0.1) is 0 Å². The van der Waals surface area contributed by atoms with Crippen molar-refractivity contribution < 1.29 is 4.74 Å². The molecule has 0 radical (unpaired) electrons. The van der Waals surface area contributed by atoms with Gasteiger partial charge in [-0.15, -0.1) is 0 Å². The van der Waals surface area contributed by atoms with E-state index in [0.717, 1.165) is 13.2 Å². The zero-order chi connectivity index (χ0) is 12.5. The van der Waals surface area contributed by atoms with Crippen LogP contribution >= 0.6 is 0 Å². The third-order valence-corrected chi connectivity index (χ3v) is 6.61. The Morgan fingerprint density at radius 3 is 1.44 bits per heavy atom. The molecule has 1 fully saturated rings. The minimum atomic E-state index is -0.676. The van der Waals surface area contributed by atoms with Gasteiger partial charge >= 0.3 is 84.9 Å². The fourth-order valence-corrected chi connectivity index (χ4v) is 5.06. The molecular formula is C16H20GeO. The molecule has 1 aliphatic heterocycles. The Bertz CT molecular complexity index is 378. The molecule has 1 heterocycles. The van der Waals surface area contributed by atoms with Crippen molar-refractivity contribution in [1.82, 2.24) is 0 Å². The van der Waals surface area contributed by atoms with Crippen molar-refractivity contribution in [3.05, 3.63) is 60.7 Å². The SMILES string of the molecule is C1CCOC1.c1cc[c]([GeH2][c]2ccccc2)cc1. The Labute approximate surface area is 116 Å². The molecule has 1 aliphatic rings. The Kier molecular flexibility index (Phi) is 6.03. The first kappa shape index (κ1) is 13.4. The van der Waals surface area contributed by atoms with Crippen LogP contribution in [-0.2, 0) is 4.74 Å². The fourth-order valence-electron chi connectivity index (χ4n) is 1.94. The van der Waals surface area contributed by atoms with Crippen molar-refractivity contribution in [3.63, 3.8) is 0 Å². The van der Waals surface area contributed by atoms with Gasteiger partial charge in [0, 0.05) is 13.2 Å². The van der Waals surface area contributed by atoms with E-state index in [0.29, 0.717) is 0 Å². The first-order chi connectivity index (χ1) is 8.95. The van der Waals surface area contributed by atoms with Crippen molar-refractivity contribution in [1.29, 1.82) is 0 Å². The second-order valence-electron chi connectivity index (χ2n) is 4.47. The van der Waals surface area contributed by atoms with Gasteiger partial charge in [0.2, 0.25) is 0 Å². The van der Waals surface area contributed by atoms with E-state index in [1.807, 2.05) is 0 Å². The summed E-state index contributed by atoms with van der Waals surface area (Å²) < 4.78 is 8.06. The van der Waals surface area contributed by atoms with Gasteiger partial charge in [0.1, 0.15) is 0 Å². The molecular weight excluding hydrogens is 281 g/mol. The van der Waals surface area contributed by atoms with Gasteiger partial charge in [-0.25, -0.2) is 0 Å².